The van der Waals surface area contributed by atoms with Crippen LogP contribution in [0.1, 0.15) is 67.1 Å². The third-order valence-corrected chi connectivity index (χ3v) is 5.49. The molecule has 1 atom stereocenters. The topological polar surface area (TPSA) is 41.6 Å². The molecule has 1 N–H and O–H groups in total. The lowest BCUT2D eigenvalue weighted by atomic mass is 10.0. The molecule has 1 aliphatic heterocycles. The van der Waals surface area contributed by atoms with Crippen LogP contribution in [0.3, 0.4) is 0 Å². The Hall–Kier alpha value is -2.04. The standard InChI is InChI=1S/C25H34N2O2.ClH/c1-19(2)29-23-14-12-22(13-15-23)25(28)26-18-24(21-10-8-20(3)9-11-21)27-16-6-4-5-7-17-27;/h8-15,19,24H,4-7,16-18H2,1-3H3,(H,26,28);1H. The predicted molar refractivity (Wildman–Crippen MR) is 126 cm³/mol. The van der Waals surface area contributed by atoms with Crippen molar-refractivity contribution in [1.29, 1.82) is 0 Å². The van der Waals surface area contributed by atoms with Crippen molar-refractivity contribution in [3.63, 3.8) is 0 Å². The van der Waals surface area contributed by atoms with Gasteiger partial charge in [-0.25, -0.2) is 0 Å². The van der Waals surface area contributed by atoms with Gasteiger partial charge in [0, 0.05) is 12.1 Å². The molecule has 0 bridgehead atoms. The van der Waals surface area contributed by atoms with Crippen molar-refractivity contribution >= 4 is 18.3 Å². The first-order valence-electron chi connectivity index (χ1n) is 10.9. The summed E-state index contributed by atoms with van der Waals surface area (Å²) in [6.07, 6.45) is 5.18. The molecule has 5 heteroatoms. The first-order valence-corrected chi connectivity index (χ1v) is 10.9. The van der Waals surface area contributed by atoms with E-state index in [0.29, 0.717) is 12.1 Å². The van der Waals surface area contributed by atoms with Gasteiger partial charge in [0.1, 0.15) is 5.75 Å². The van der Waals surface area contributed by atoms with E-state index in [1.165, 1.54) is 36.8 Å². The first-order chi connectivity index (χ1) is 14.0. The number of halogens is 1. The Balaban J connectivity index is 0.00000320. The van der Waals surface area contributed by atoms with Gasteiger partial charge >= 0.3 is 0 Å². The molecule has 1 fully saturated rings. The molecule has 30 heavy (non-hydrogen) atoms. The molecule has 164 valence electrons. The van der Waals surface area contributed by atoms with Crippen molar-refractivity contribution < 1.29 is 9.53 Å². The van der Waals surface area contributed by atoms with E-state index in [9.17, 15) is 4.79 Å². The van der Waals surface area contributed by atoms with Gasteiger partial charge in [0.05, 0.1) is 12.1 Å². The van der Waals surface area contributed by atoms with Crippen LogP contribution < -0.4 is 10.1 Å². The number of hydrogen-bond donors (Lipinski definition) is 1. The average molecular weight is 431 g/mol. The van der Waals surface area contributed by atoms with Crippen LogP contribution in [0.15, 0.2) is 48.5 Å². The molecule has 0 aliphatic carbocycles. The van der Waals surface area contributed by atoms with Crippen LogP contribution >= 0.6 is 12.4 Å². The Morgan fingerprint density at radius 1 is 0.967 bits per heavy atom. The summed E-state index contributed by atoms with van der Waals surface area (Å²) in [4.78, 5) is 15.3. The number of amides is 1. The zero-order chi connectivity index (χ0) is 20.6. The highest BCUT2D eigenvalue weighted by Crippen LogP contribution is 2.24. The van der Waals surface area contributed by atoms with Gasteiger partial charge in [-0.15, -0.1) is 12.4 Å². The molecule has 1 unspecified atom stereocenters. The molecule has 1 aliphatic rings. The van der Waals surface area contributed by atoms with E-state index in [0.717, 1.165) is 18.8 Å². The maximum absolute atomic E-state index is 12.7. The van der Waals surface area contributed by atoms with Crippen LogP contribution in [0.25, 0.3) is 0 Å². The second-order valence-corrected chi connectivity index (χ2v) is 8.28. The highest BCUT2D eigenvalue weighted by molar-refractivity contribution is 5.94. The van der Waals surface area contributed by atoms with Crippen LogP contribution in [0.4, 0.5) is 0 Å². The lowest BCUT2D eigenvalue weighted by Gasteiger charge is -2.31. The summed E-state index contributed by atoms with van der Waals surface area (Å²) < 4.78 is 5.67. The minimum Gasteiger partial charge on any atom is -0.491 e. The highest BCUT2D eigenvalue weighted by atomic mass is 35.5. The van der Waals surface area contributed by atoms with Crippen LogP contribution in [-0.4, -0.2) is 36.5 Å². The van der Waals surface area contributed by atoms with Crippen molar-refractivity contribution in [2.24, 2.45) is 0 Å². The van der Waals surface area contributed by atoms with Gasteiger partial charge in [-0.2, -0.15) is 0 Å². The molecular weight excluding hydrogens is 396 g/mol. The SMILES string of the molecule is Cc1ccc(C(CNC(=O)c2ccc(OC(C)C)cc2)N2CCCCCC2)cc1.Cl. The maximum Gasteiger partial charge on any atom is 0.251 e. The van der Waals surface area contributed by atoms with Gasteiger partial charge in [0.15, 0.2) is 0 Å². The van der Waals surface area contributed by atoms with Crippen molar-refractivity contribution in [1.82, 2.24) is 10.2 Å². The minimum absolute atomic E-state index is 0. The number of nitrogens with one attached hydrogen (secondary N) is 1. The first kappa shape index (κ1) is 24.2. The summed E-state index contributed by atoms with van der Waals surface area (Å²) in [5, 5.41) is 3.17. The van der Waals surface area contributed by atoms with Gasteiger partial charge in [0.25, 0.3) is 5.91 Å². The van der Waals surface area contributed by atoms with Crippen molar-refractivity contribution in [3.8, 4) is 5.75 Å². The molecular formula is C25H35ClN2O2. The zero-order valence-electron chi connectivity index (χ0n) is 18.4. The summed E-state index contributed by atoms with van der Waals surface area (Å²) in [6, 6.07) is 16.3. The normalized spacial score (nSPS) is 15.7. The van der Waals surface area contributed by atoms with Gasteiger partial charge in [-0.3, -0.25) is 9.69 Å². The number of carbonyl (C=O) groups is 1. The summed E-state index contributed by atoms with van der Waals surface area (Å²) >= 11 is 0. The van der Waals surface area contributed by atoms with Crippen LogP contribution in [-0.2, 0) is 0 Å². The number of carbonyl (C=O) groups excluding carboxylic acids is 1. The third-order valence-electron chi connectivity index (χ3n) is 5.49. The predicted octanol–water partition coefficient (Wildman–Crippen LogP) is 5.55. The molecule has 2 aromatic carbocycles. The van der Waals surface area contributed by atoms with Crippen molar-refractivity contribution in [3.05, 3.63) is 65.2 Å². The van der Waals surface area contributed by atoms with Gasteiger partial charge in [0.2, 0.25) is 0 Å². The number of hydrogen-bond acceptors (Lipinski definition) is 3. The average Bonchev–Trinajstić information content (AvgIpc) is 2.99. The number of benzene rings is 2. The van der Waals surface area contributed by atoms with E-state index in [1.807, 2.05) is 38.1 Å². The zero-order valence-corrected chi connectivity index (χ0v) is 19.2. The lowest BCUT2D eigenvalue weighted by molar-refractivity contribution is 0.0933. The second-order valence-electron chi connectivity index (χ2n) is 8.28. The maximum atomic E-state index is 12.7. The quantitative estimate of drug-likeness (QED) is 0.625. The van der Waals surface area contributed by atoms with Gasteiger partial charge in [-0.05, 0) is 76.5 Å². The van der Waals surface area contributed by atoms with Crippen molar-refractivity contribution in [2.75, 3.05) is 19.6 Å². The molecule has 0 spiro atoms. The molecule has 0 radical (unpaired) electrons. The van der Waals surface area contributed by atoms with Gasteiger partial charge in [-0.1, -0.05) is 42.7 Å². The number of rotatable bonds is 7. The van der Waals surface area contributed by atoms with E-state index >= 15 is 0 Å². The lowest BCUT2D eigenvalue weighted by Crippen LogP contribution is -2.38. The largest absolute Gasteiger partial charge is 0.491 e. The van der Waals surface area contributed by atoms with Crippen LogP contribution in [0, 0.1) is 6.92 Å². The van der Waals surface area contributed by atoms with E-state index in [1.54, 1.807) is 0 Å². The highest BCUT2D eigenvalue weighted by Gasteiger charge is 2.22. The molecule has 0 aromatic heterocycles. The smallest absolute Gasteiger partial charge is 0.251 e. The number of nitrogens with zero attached hydrogens (tertiary/aromatic N) is 1. The Labute approximate surface area is 187 Å². The summed E-state index contributed by atoms with van der Waals surface area (Å²) in [5.74, 6) is 0.756. The van der Waals surface area contributed by atoms with Gasteiger partial charge < -0.3 is 10.1 Å². The number of ether oxygens (including phenoxy) is 1. The fourth-order valence-electron chi connectivity index (χ4n) is 3.90. The monoisotopic (exact) mass is 430 g/mol. The number of aryl methyl sites for hydroxylation is 1. The molecule has 1 heterocycles. The summed E-state index contributed by atoms with van der Waals surface area (Å²) in [6.45, 7) is 8.90. The summed E-state index contributed by atoms with van der Waals surface area (Å²) in [7, 11) is 0. The Bertz CT molecular complexity index is 767. The Morgan fingerprint density at radius 2 is 1.57 bits per heavy atom. The van der Waals surface area contributed by atoms with E-state index < -0.39 is 0 Å². The van der Waals surface area contributed by atoms with Crippen molar-refractivity contribution in [2.45, 2.75) is 58.6 Å². The molecule has 4 nitrogen and oxygen atoms in total. The Morgan fingerprint density at radius 3 is 2.13 bits per heavy atom. The third kappa shape index (κ3) is 7.03. The van der Waals surface area contributed by atoms with Crippen LogP contribution in [0.5, 0.6) is 5.75 Å². The second kappa shape index (κ2) is 12.0. The minimum atomic E-state index is -0.0342. The fourth-order valence-corrected chi connectivity index (χ4v) is 3.90. The molecule has 1 saturated heterocycles. The van der Waals surface area contributed by atoms with E-state index in [4.69, 9.17) is 4.74 Å². The fraction of sp³-hybridized carbons (Fsp3) is 0.480. The number of likely N-dealkylation sites (tertiary alicyclic amines) is 1. The molecule has 3 rings (SSSR count). The molecule has 1 amide bonds. The van der Waals surface area contributed by atoms with E-state index in [2.05, 4.69) is 41.4 Å². The summed E-state index contributed by atoms with van der Waals surface area (Å²) in [5.41, 5.74) is 3.20. The molecule has 2 aromatic rings. The van der Waals surface area contributed by atoms with E-state index in [-0.39, 0.29) is 30.5 Å². The molecule has 0 saturated carbocycles. The Kier molecular flexibility index (Phi) is 9.67. The van der Waals surface area contributed by atoms with Crippen LogP contribution in [0.2, 0.25) is 0 Å².